The van der Waals surface area contributed by atoms with Gasteiger partial charge in [0.25, 0.3) is 0 Å². The number of carbonyl (C=O) groups excluding carboxylic acids is 1. The molecule has 0 spiro atoms. The van der Waals surface area contributed by atoms with Crippen molar-refractivity contribution in [1.82, 2.24) is 14.9 Å². The molecule has 0 saturated carbocycles. The maximum absolute atomic E-state index is 11.7. The Morgan fingerprint density at radius 1 is 1.53 bits per heavy atom. The maximum Gasteiger partial charge on any atom is 0.240 e. The number of rotatable bonds is 5. The second-order valence-corrected chi connectivity index (χ2v) is 4.32. The Morgan fingerprint density at radius 2 is 2.35 bits per heavy atom. The molecule has 1 aliphatic carbocycles. The lowest BCUT2D eigenvalue weighted by Crippen LogP contribution is -2.30. The Labute approximate surface area is 101 Å². The maximum atomic E-state index is 11.7. The molecule has 17 heavy (non-hydrogen) atoms. The molecule has 0 aromatic carbocycles. The highest BCUT2D eigenvalue weighted by Gasteiger charge is 2.16. The molecule has 5 nitrogen and oxygen atoms in total. The third-order valence-corrected chi connectivity index (χ3v) is 3.05. The molecule has 0 aliphatic heterocycles. The van der Waals surface area contributed by atoms with E-state index in [1.54, 1.807) is 13.4 Å². The van der Waals surface area contributed by atoms with Crippen molar-refractivity contribution in [3.63, 3.8) is 0 Å². The minimum atomic E-state index is 0.0211. The lowest BCUT2D eigenvalue weighted by atomic mass is 10.0. The number of aryl methyl sites for hydroxylation is 1. The van der Waals surface area contributed by atoms with Crippen LogP contribution in [0.3, 0.4) is 0 Å². The molecular formula is C12H19N3O2. The van der Waals surface area contributed by atoms with E-state index in [-0.39, 0.29) is 5.91 Å². The normalized spacial score (nSPS) is 14.4. The largest absolute Gasteiger partial charge is 0.383 e. The van der Waals surface area contributed by atoms with Gasteiger partial charge in [0.05, 0.1) is 18.6 Å². The molecule has 5 heteroatoms. The number of fused-ring (bicyclic) bond motifs is 1. The molecule has 0 radical (unpaired) electrons. The fourth-order valence-electron chi connectivity index (χ4n) is 2.17. The highest BCUT2D eigenvalue weighted by Crippen LogP contribution is 2.19. The van der Waals surface area contributed by atoms with Crippen LogP contribution in [0.25, 0.3) is 0 Å². The van der Waals surface area contributed by atoms with E-state index in [9.17, 15) is 4.79 Å². The minimum absolute atomic E-state index is 0.0211. The standard InChI is InChI=1S/C12H19N3O2/c1-17-7-6-13-12(16)8-15-9-14-10-4-2-3-5-11(10)15/h9H,2-8H2,1H3,(H,13,16). The quantitative estimate of drug-likeness (QED) is 0.760. The van der Waals surface area contributed by atoms with E-state index >= 15 is 0 Å². The van der Waals surface area contributed by atoms with E-state index in [1.807, 2.05) is 4.57 Å². The Balaban J connectivity index is 1.90. The third kappa shape index (κ3) is 3.06. The number of amides is 1. The van der Waals surface area contributed by atoms with Crippen LogP contribution >= 0.6 is 0 Å². The highest BCUT2D eigenvalue weighted by atomic mass is 16.5. The molecule has 0 saturated heterocycles. The van der Waals surface area contributed by atoms with Gasteiger partial charge in [-0.3, -0.25) is 4.79 Å². The van der Waals surface area contributed by atoms with Crippen molar-refractivity contribution in [2.75, 3.05) is 20.3 Å². The SMILES string of the molecule is COCCNC(=O)Cn1cnc2c1CCCC2. The van der Waals surface area contributed by atoms with E-state index in [0.29, 0.717) is 19.7 Å². The number of nitrogens with zero attached hydrogens (tertiary/aromatic N) is 2. The Bertz CT molecular complexity index is 387. The van der Waals surface area contributed by atoms with E-state index in [1.165, 1.54) is 24.2 Å². The molecule has 1 aromatic heterocycles. The van der Waals surface area contributed by atoms with Gasteiger partial charge < -0.3 is 14.6 Å². The van der Waals surface area contributed by atoms with Gasteiger partial charge in [-0.1, -0.05) is 0 Å². The molecule has 1 N–H and O–H groups in total. The topological polar surface area (TPSA) is 56.1 Å². The predicted molar refractivity (Wildman–Crippen MR) is 63.8 cm³/mol. The smallest absolute Gasteiger partial charge is 0.240 e. The van der Waals surface area contributed by atoms with Gasteiger partial charge in [0.2, 0.25) is 5.91 Å². The average Bonchev–Trinajstić information content (AvgIpc) is 2.73. The lowest BCUT2D eigenvalue weighted by Gasteiger charge is -2.13. The van der Waals surface area contributed by atoms with Crippen LogP contribution in [-0.4, -0.2) is 35.7 Å². The minimum Gasteiger partial charge on any atom is -0.383 e. The van der Waals surface area contributed by atoms with Gasteiger partial charge in [0, 0.05) is 19.3 Å². The molecule has 94 valence electrons. The summed E-state index contributed by atoms with van der Waals surface area (Å²) in [6.07, 6.45) is 6.29. The predicted octanol–water partition coefficient (Wildman–Crippen LogP) is 0.524. The van der Waals surface area contributed by atoms with Gasteiger partial charge in [-0.15, -0.1) is 0 Å². The number of hydrogen-bond donors (Lipinski definition) is 1. The van der Waals surface area contributed by atoms with Crippen molar-refractivity contribution in [1.29, 1.82) is 0 Å². The molecule has 0 atom stereocenters. The van der Waals surface area contributed by atoms with E-state index in [0.717, 1.165) is 12.8 Å². The molecule has 2 rings (SSSR count). The summed E-state index contributed by atoms with van der Waals surface area (Å²) in [6, 6.07) is 0. The van der Waals surface area contributed by atoms with Crippen molar-refractivity contribution < 1.29 is 9.53 Å². The fraction of sp³-hybridized carbons (Fsp3) is 0.667. The Hall–Kier alpha value is -1.36. The molecule has 1 amide bonds. The number of aromatic nitrogens is 2. The third-order valence-electron chi connectivity index (χ3n) is 3.05. The van der Waals surface area contributed by atoms with Gasteiger partial charge in [-0.25, -0.2) is 4.98 Å². The van der Waals surface area contributed by atoms with Crippen LogP contribution in [0.15, 0.2) is 6.33 Å². The first-order valence-corrected chi connectivity index (χ1v) is 6.10. The van der Waals surface area contributed by atoms with Crippen LogP contribution in [0.1, 0.15) is 24.2 Å². The van der Waals surface area contributed by atoms with Crippen molar-refractivity contribution in [3.05, 3.63) is 17.7 Å². The molecule has 0 fully saturated rings. The molecule has 1 aliphatic rings. The van der Waals surface area contributed by atoms with Crippen LogP contribution in [0.4, 0.5) is 0 Å². The second kappa shape index (κ2) is 5.82. The number of nitrogens with one attached hydrogen (secondary N) is 1. The number of methoxy groups -OCH3 is 1. The number of hydrogen-bond acceptors (Lipinski definition) is 3. The van der Waals surface area contributed by atoms with E-state index < -0.39 is 0 Å². The summed E-state index contributed by atoms with van der Waals surface area (Å²) in [5, 5.41) is 2.82. The van der Waals surface area contributed by atoms with Crippen LogP contribution < -0.4 is 5.32 Å². The van der Waals surface area contributed by atoms with Gasteiger partial charge in [-0.05, 0) is 25.7 Å². The summed E-state index contributed by atoms with van der Waals surface area (Å²) in [7, 11) is 1.62. The van der Waals surface area contributed by atoms with Crippen LogP contribution in [0.5, 0.6) is 0 Å². The zero-order valence-corrected chi connectivity index (χ0v) is 10.2. The molecular weight excluding hydrogens is 218 g/mol. The van der Waals surface area contributed by atoms with Gasteiger partial charge in [0.15, 0.2) is 0 Å². The van der Waals surface area contributed by atoms with Crippen LogP contribution in [-0.2, 0) is 28.9 Å². The fourth-order valence-corrected chi connectivity index (χ4v) is 2.17. The number of ether oxygens (including phenoxy) is 1. The summed E-state index contributed by atoms with van der Waals surface area (Å²) in [5.74, 6) is 0.0211. The summed E-state index contributed by atoms with van der Waals surface area (Å²) in [6.45, 7) is 1.48. The number of imidazole rings is 1. The van der Waals surface area contributed by atoms with Gasteiger partial charge in [0.1, 0.15) is 6.54 Å². The summed E-state index contributed by atoms with van der Waals surface area (Å²) in [4.78, 5) is 16.0. The first-order valence-electron chi connectivity index (χ1n) is 6.10. The van der Waals surface area contributed by atoms with E-state index in [4.69, 9.17) is 4.74 Å². The van der Waals surface area contributed by atoms with Gasteiger partial charge >= 0.3 is 0 Å². The zero-order valence-electron chi connectivity index (χ0n) is 10.2. The van der Waals surface area contributed by atoms with Crippen molar-refractivity contribution >= 4 is 5.91 Å². The number of carbonyl (C=O) groups is 1. The first kappa shape index (κ1) is 12.1. The second-order valence-electron chi connectivity index (χ2n) is 4.32. The average molecular weight is 237 g/mol. The molecule has 1 heterocycles. The monoisotopic (exact) mass is 237 g/mol. The Kier molecular flexibility index (Phi) is 4.14. The van der Waals surface area contributed by atoms with Crippen molar-refractivity contribution in [3.8, 4) is 0 Å². The highest BCUT2D eigenvalue weighted by molar-refractivity contribution is 5.75. The zero-order chi connectivity index (χ0) is 12.1. The summed E-state index contributed by atoms with van der Waals surface area (Å²) in [5.41, 5.74) is 2.40. The summed E-state index contributed by atoms with van der Waals surface area (Å²) < 4.78 is 6.85. The molecule has 0 unspecified atom stereocenters. The molecule has 0 bridgehead atoms. The van der Waals surface area contributed by atoms with Crippen molar-refractivity contribution in [2.24, 2.45) is 0 Å². The van der Waals surface area contributed by atoms with E-state index in [2.05, 4.69) is 10.3 Å². The lowest BCUT2D eigenvalue weighted by molar-refractivity contribution is -0.121. The Morgan fingerprint density at radius 3 is 3.18 bits per heavy atom. The van der Waals surface area contributed by atoms with Crippen molar-refractivity contribution in [2.45, 2.75) is 32.2 Å². The first-order chi connectivity index (χ1) is 8.31. The summed E-state index contributed by atoms with van der Waals surface area (Å²) >= 11 is 0. The van der Waals surface area contributed by atoms with Crippen LogP contribution in [0.2, 0.25) is 0 Å². The van der Waals surface area contributed by atoms with Gasteiger partial charge in [-0.2, -0.15) is 0 Å². The molecule has 1 aromatic rings. The van der Waals surface area contributed by atoms with Crippen LogP contribution in [0, 0.1) is 0 Å².